The number of pyridine rings is 1. The van der Waals surface area contributed by atoms with Crippen LogP contribution in [0.5, 0.6) is 0 Å². The lowest BCUT2D eigenvalue weighted by Gasteiger charge is -2.27. The number of fused-ring (bicyclic) bond motifs is 2. The zero-order chi connectivity index (χ0) is 16.5. The summed E-state index contributed by atoms with van der Waals surface area (Å²) < 4.78 is 2.73. The van der Waals surface area contributed by atoms with Gasteiger partial charge in [-0.2, -0.15) is 0 Å². The van der Waals surface area contributed by atoms with E-state index in [1.807, 2.05) is 24.4 Å². The third-order valence-electron chi connectivity index (χ3n) is 4.39. The predicted octanol–water partition coefficient (Wildman–Crippen LogP) is 2.71. The van der Waals surface area contributed by atoms with E-state index >= 15 is 0 Å². The molecule has 0 aliphatic carbocycles. The largest absolute Gasteiger partial charge is 0.349 e. The number of amides is 1. The number of halogens is 1. The number of hydrogen-bond acceptors (Lipinski definition) is 3. The minimum absolute atomic E-state index is 0.116. The first-order valence-corrected chi connectivity index (χ1v) is 8.73. The van der Waals surface area contributed by atoms with Gasteiger partial charge < -0.3 is 10.6 Å². The van der Waals surface area contributed by atoms with Crippen LogP contribution in [-0.4, -0.2) is 28.4 Å². The van der Waals surface area contributed by atoms with Crippen molar-refractivity contribution in [2.45, 2.75) is 12.5 Å². The van der Waals surface area contributed by atoms with Crippen molar-refractivity contribution in [1.29, 1.82) is 0 Å². The molecular formula is C18H17BrN4O. The van der Waals surface area contributed by atoms with E-state index in [0.29, 0.717) is 12.2 Å². The maximum Gasteiger partial charge on any atom is 0.269 e. The second kappa shape index (κ2) is 6.37. The zero-order valence-electron chi connectivity index (χ0n) is 13.0. The highest BCUT2D eigenvalue weighted by atomic mass is 79.9. The maximum atomic E-state index is 12.5. The molecule has 122 valence electrons. The molecule has 3 heterocycles. The van der Waals surface area contributed by atoms with Gasteiger partial charge in [-0.15, -0.1) is 0 Å². The number of benzene rings is 1. The summed E-state index contributed by atoms with van der Waals surface area (Å²) in [4.78, 5) is 16.8. The summed E-state index contributed by atoms with van der Waals surface area (Å²) in [5.74, 6) is -0.116. The van der Waals surface area contributed by atoms with Crippen LogP contribution >= 0.6 is 15.9 Å². The Morgan fingerprint density at radius 3 is 3.17 bits per heavy atom. The lowest BCUT2D eigenvalue weighted by Crippen LogP contribution is -2.39. The molecule has 0 fully saturated rings. The number of rotatable bonds is 3. The Kier molecular flexibility index (Phi) is 4.08. The molecule has 0 spiro atoms. The molecule has 1 amide bonds. The monoisotopic (exact) mass is 384 g/mol. The van der Waals surface area contributed by atoms with Gasteiger partial charge in [0.15, 0.2) is 0 Å². The number of hydrogen-bond donors (Lipinski definition) is 2. The van der Waals surface area contributed by atoms with Crippen molar-refractivity contribution in [2.75, 3.05) is 13.1 Å². The SMILES string of the molecule is O=C(NCC1NCCc2ccccc21)c1cnc2cc(Br)ccn12. The number of nitrogens with zero attached hydrogens (tertiary/aromatic N) is 2. The van der Waals surface area contributed by atoms with E-state index in [1.165, 1.54) is 11.1 Å². The van der Waals surface area contributed by atoms with Crippen LogP contribution in [-0.2, 0) is 6.42 Å². The van der Waals surface area contributed by atoms with E-state index in [-0.39, 0.29) is 11.9 Å². The fourth-order valence-corrected chi connectivity index (χ4v) is 3.51. The minimum atomic E-state index is -0.116. The normalized spacial score (nSPS) is 16.8. The van der Waals surface area contributed by atoms with Crippen LogP contribution in [0.2, 0.25) is 0 Å². The van der Waals surface area contributed by atoms with Gasteiger partial charge in [0.1, 0.15) is 11.3 Å². The molecular weight excluding hydrogens is 368 g/mol. The van der Waals surface area contributed by atoms with Crippen molar-refractivity contribution in [1.82, 2.24) is 20.0 Å². The van der Waals surface area contributed by atoms with E-state index in [0.717, 1.165) is 23.1 Å². The van der Waals surface area contributed by atoms with Gasteiger partial charge in [-0.25, -0.2) is 4.98 Å². The molecule has 4 rings (SSSR count). The van der Waals surface area contributed by atoms with Crippen molar-refractivity contribution >= 4 is 27.5 Å². The van der Waals surface area contributed by atoms with Crippen LogP contribution in [0.15, 0.2) is 53.3 Å². The van der Waals surface area contributed by atoms with Crippen LogP contribution in [0.3, 0.4) is 0 Å². The average Bonchev–Trinajstić information content (AvgIpc) is 3.02. The second-order valence-electron chi connectivity index (χ2n) is 5.88. The van der Waals surface area contributed by atoms with Crippen molar-refractivity contribution in [3.63, 3.8) is 0 Å². The Morgan fingerprint density at radius 1 is 1.38 bits per heavy atom. The summed E-state index contributed by atoms with van der Waals surface area (Å²) in [6.45, 7) is 1.49. The first kappa shape index (κ1) is 15.4. The lowest BCUT2D eigenvalue weighted by atomic mass is 9.94. The van der Waals surface area contributed by atoms with Crippen molar-refractivity contribution in [3.05, 3.63) is 70.1 Å². The molecule has 5 nitrogen and oxygen atoms in total. The van der Waals surface area contributed by atoms with Crippen molar-refractivity contribution in [3.8, 4) is 0 Å². The topological polar surface area (TPSA) is 58.4 Å². The molecule has 2 N–H and O–H groups in total. The molecule has 3 aromatic rings. The zero-order valence-corrected chi connectivity index (χ0v) is 14.6. The molecule has 0 radical (unpaired) electrons. The smallest absolute Gasteiger partial charge is 0.269 e. The molecule has 0 saturated heterocycles. The third-order valence-corrected chi connectivity index (χ3v) is 4.88. The Hall–Kier alpha value is -2.18. The van der Waals surface area contributed by atoms with E-state index in [2.05, 4.69) is 49.7 Å². The molecule has 2 aromatic heterocycles. The van der Waals surface area contributed by atoms with Crippen LogP contribution in [0.1, 0.15) is 27.7 Å². The molecule has 0 saturated carbocycles. The van der Waals surface area contributed by atoms with Crippen LogP contribution in [0.25, 0.3) is 5.65 Å². The Labute approximate surface area is 148 Å². The molecule has 24 heavy (non-hydrogen) atoms. The lowest BCUT2D eigenvalue weighted by molar-refractivity contribution is 0.0943. The van der Waals surface area contributed by atoms with Gasteiger partial charge in [-0.1, -0.05) is 40.2 Å². The van der Waals surface area contributed by atoms with Gasteiger partial charge in [0.05, 0.1) is 6.20 Å². The quantitative estimate of drug-likeness (QED) is 0.729. The fourth-order valence-electron chi connectivity index (χ4n) is 3.18. The summed E-state index contributed by atoms with van der Waals surface area (Å²) in [6, 6.07) is 12.3. The highest BCUT2D eigenvalue weighted by Crippen LogP contribution is 2.22. The Morgan fingerprint density at radius 2 is 2.25 bits per heavy atom. The average molecular weight is 385 g/mol. The van der Waals surface area contributed by atoms with Crippen LogP contribution in [0, 0.1) is 0 Å². The molecule has 0 bridgehead atoms. The second-order valence-corrected chi connectivity index (χ2v) is 6.80. The number of imidazole rings is 1. The van der Waals surface area contributed by atoms with Gasteiger partial charge in [0, 0.05) is 23.3 Å². The van der Waals surface area contributed by atoms with Crippen molar-refractivity contribution < 1.29 is 4.79 Å². The summed E-state index contributed by atoms with van der Waals surface area (Å²) in [5, 5.41) is 6.51. The van der Waals surface area contributed by atoms with Gasteiger partial charge in [-0.05, 0) is 36.2 Å². The number of carbonyl (C=O) groups is 1. The van der Waals surface area contributed by atoms with E-state index < -0.39 is 0 Å². The first-order chi connectivity index (χ1) is 11.7. The standard InChI is InChI=1S/C18H17BrN4O/c19-13-6-8-23-16(11-21-17(23)9-13)18(24)22-10-15-14-4-2-1-3-12(14)5-7-20-15/h1-4,6,8-9,11,15,20H,5,7,10H2,(H,22,24). The summed E-state index contributed by atoms with van der Waals surface area (Å²) >= 11 is 3.41. The van der Waals surface area contributed by atoms with Crippen molar-refractivity contribution in [2.24, 2.45) is 0 Å². The van der Waals surface area contributed by atoms with E-state index in [9.17, 15) is 4.79 Å². The molecule has 1 aromatic carbocycles. The minimum Gasteiger partial charge on any atom is -0.349 e. The first-order valence-electron chi connectivity index (χ1n) is 7.94. The predicted molar refractivity (Wildman–Crippen MR) is 96.1 cm³/mol. The molecule has 1 aliphatic rings. The molecule has 1 atom stereocenters. The molecule has 1 unspecified atom stereocenters. The third kappa shape index (κ3) is 2.83. The van der Waals surface area contributed by atoms with Crippen LogP contribution in [0.4, 0.5) is 0 Å². The summed E-state index contributed by atoms with van der Waals surface area (Å²) in [6.07, 6.45) is 4.48. The number of aromatic nitrogens is 2. The number of carbonyl (C=O) groups excluding carboxylic acids is 1. The van der Waals surface area contributed by atoms with Gasteiger partial charge in [0.2, 0.25) is 0 Å². The van der Waals surface area contributed by atoms with Gasteiger partial charge >= 0.3 is 0 Å². The van der Waals surface area contributed by atoms with Gasteiger partial charge in [-0.3, -0.25) is 9.20 Å². The van der Waals surface area contributed by atoms with Gasteiger partial charge in [0.25, 0.3) is 5.91 Å². The highest BCUT2D eigenvalue weighted by Gasteiger charge is 2.20. The Bertz CT molecular complexity index is 905. The summed E-state index contributed by atoms with van der Waals surface area (Å²) in [5.41, 5.74) is 3.92. The maximum absolute atomic E-state index is 12.5. The van der Waals surface area contributed by atoms with E-state index in [1.54, 1.807) is 10.6 Å². The van der Waals surface area contributed by atoms with Crippen LogP contribution < -0.4 is 10.6 Å². The summed E-state index contributed by atoms with van der Waals surface area (Å²) in [7, 11) is 0. The van der Waals surface area contributed by atoms with E-state index in [4.69, 9.17) is 0 Å². The molecule has 1 aliphatic heterocycles. The fraction of sp³-hybridized carbons (Fsp3) is 0.222. The molecule has 6 heteroatoms. The Balaban J connectivity index is 1.51. The number of nitrogens with one attached hydrogen (secondary N) is 2. The highest BCUT2D eigenvalue weighted by molar-refractivity contribution is 9.10.